The third-order valence-corrected chi connectivity index (χ3v) is 5.65. The molecule has 1 amide bonds. The van der Waals surface area contributed by atoms with E-state index in [1.165, 1.54) is 18.2 Å². The first kappa shape index (κ1) is 23.5. The maximum Gasteiger partial charge on any atom is 0.293 e. The van der Waals surface area contributed by atoms with Crippen LogP contribution in [-0.4, -0.2) is 15.9 Å². The van der Waals surface area contributed by atoms with E-state index in [2.05, 4.69) is 10.6 Å². The lowest BCUT2D eigenvalue weighted by Gasteiger charge is -2.12. The summed E-state index contributed by atoms with van der Waals surface area (Å²) in [7, 11) is 0. The standard InChI is InChI=1S/C22H17Cl2N3O4S/c1-12-6-9-17(27(29)30)21(13(12)2)26-22(32)25-19(28)11-8-14-7-10-18(31-14)15-4-3-5-16(23)20(15)24/h3-11H,1-2H3,(H2,25,26,28,32)/b11-8+. The molecule has 3 rings (SSSR count). The van der Waals surface area contributed by atoms with Crippen molar-refractivity contribution in [1.82, 2.24) is 5.32 Å². The Bertz CT molecular complexity index is 1250. The molecular formula is C22H17Cl2N3O4S. The first-order valence-corrected chi connectivity index (χ1v) is 10.4. The molecule has 0 aliphatic rings. The summed E-state index contributed by atoms with van der Waals surface area (Å²) in [6.07, 6.45) is 2.69. The Morgan fingerprint density at radius 3 is 2.62 bits per heavy atom. The van der Waals surface area contributed by atoms with Crippen LogP contribution >= 0.6 is 35.4 Å². The van der Waals surface area contributed by atoms with E-state index in [9.17, 15) is 14.9 Å². The van der Waals surface area contributed by atoms with Gasteiger partial charge in [-0.25, -0.2) is 0 Å². The highest BCUT2D eigenvalue weighted by atomic mass is 35.5. The predicted molar refractivity (Wildman–Crippen MR) is 130 cm³/mol. The number of thiocarbonyl (C=S) groups is 1. The molecule has 3 aromatic rings. The van der Waals surface area contributed by atoms with Gasteiger partial charge in [-0.05, 0) is 67.5 Å². The SMILES string of the molecule is Cc1ccc([N+](=O)[O-])c(NC(=S)NC(=O)/C=C/c2ccc(-c3cccc(Cl)c3Cl)o2)c1C. The molecule has 0 aliphatic heterocycles. The van der Waals surface area contributed by atoms with Gasteiger partial charge in [-0.2, -0.15) is 0 Å². The van der Waals surface area contributed by atoms with Crippen LogP contribution in [0.4, 0.5) is 11.4 Å². The van der Waals surface area contributed by atoms with Crippen molar-refractivity contribution < 1.29 is 14.1 Å². The number of nitro benzene ring substituents is 1. The number of carbonyl (C=O) groups is 1. The van der Waals surface area contributed by atoms with E-state index < -0.39 is 10.8 Å². The summed E-state index contributed by atoms with van der Waals surface area (Å²) < 4.78 is 5.69. The van der Waals surface area contributed by atoms with Gasteiger partial charge in [0.1, 0.15) is 17.2 Å². The van der Waals surface area contributed by atoms with Crippen molar-refractivity contribution in [1.29, 1.82) is 0 Å². The normalized spacial score (nSPS) is 10.9. The van der Waals surface area contributed by atoms with Gasteiger partial charge in [-0.3, -0.25) is 20.2 Å². The molecule has 32 heavy (non-hydrogen) atoms. The van der Waals surface area contributed by atoms with Crippen LogP contribution < -0.4 is 10.6 Å². The molecule has 0 spiro atoms. The highest BCUT2D eigenvalue weighted by Crippen LogP contribution is 2.34. The molecule has 2 N–H and O–H groups in total. The Labute approximate surface area is 199 Å². The summed E-state index contributed by atoms with van der Waals surface area (Å²) in [5, 5.41) is 17.2. The van der Waals surface area contributed by atoms with Crippen molar-refractivity contribution in [2.45, 2.75) is 13.8 Å². The fourth-order valence-corrected chi connectivity index (χ4v) is 3.45. The molecule has 0 radical (unpaired) electrons. The molecule has 164 valence electrons. The molecule has 0 unspecified atom stereocenters. The molecule has 10 heteroatoms. The molecule has 1 heterocycles. The summed E-state index contributed by atoms with van der Waals surface area (Å²) in [4.78, 5) is 23.0. The fourth-order valence-electron chi connectivity index (χ4n) is 2.85. The van der Waals surface area contributed by atoms with Gasteiger partial charge in [0.2, 0.25) is 5.91 Å². The second-order valence-electron chi connectivity index (χ2n) is 6.74. The van der Waals surface area contributed by atoms with Crippen molar-refractivity contribution in [2.75, 3.05) is 5.32 Å². The number of carbonyl (C=O) groups excluding carboxylic acids is 1. The molecule has 7 nitrogen and oxygen atoms in total. The zero-order chi connectivity index (χ0) is 23.4. The second kappa shape index (κ2) is 9.95. The monoisotopic (exact) mass is 489 g/mol. The van der Waals surface area contributed by atoms with E-state index in [1.807, 2.05) is 6.92 Å². The van der Waals surface area contributed by atoms with Gasteiger partial charge in [0, 0.05) is 17.7 Å². The molecule has 2 aromatic carbocycles. The van der Waals surface area contributed by atoms with E-state index in [-0.39, 0.29) is 16.5 Å². The number of benzene rings is 2. The van der Waals surface area contributed by atoms with Gasteiger partial charge in [-0.1, -0.05) is 35.3 Å². The average Bonchev–Trinajstić information content (AvgIpc) is 3.20. The number of amides is 1. The first-order valence-electron chi connectivity index (χ1n) is 9.26. The Morgan fingerprint density at radius 1 is 1.16 bits per heavy atom. The van der Waals surface area contributed by atoms with Crippen molar-refractivity contribution in [3.8, 4) is 11.3 Å². The Hall–Kier alpha value is -3.20. The van der Waals surface area contributed by atoms with Crippen LogP contribution in [0.2, 0.25) is 10.0 Å². The first-order chi connectivity index (χ1) is 15.2. The van der Waals surface area contributed by atoms with E-state index in [4.69, 9.17) is 39.8 Å². The van der Waals surface area contributed by atoms with E-state index in [1.54, 1.807) is 43.3 Å². The lowest BCUT2D eigenvalue weighted by molar-refractivity contribution is -0.383. The minimum absolute atomic E-state index is 0.0673. The topological polar surface area (TPSA) is 97.4 Å². The van der Waals surface area contributed by atoms with Crippen LogP contribution in [0.5, 0.6) is 0 Å². The van der Waals surface area contributed by atoms with E-state index in [0.29, 0.717) is 32.7 Å². The number of nitrogens with zero attached hydrogens (tertiary/aromatic N) is 1. The Balaban J connectivity index is 1.67. The lowest BCUT2D eigenvalue weighted by Crippen LogP contribution is -2.33. The number of hydrogen-bond donors (Lipinski definition) is 2. The zero-order valence-electron chi connectivity index (χ0n) is 16.9. The molecule has 0 bridgehead atoms. The minimum atomic E-state index is -0.533. The summed E-state index contributed by atoms with van der Waals surface area (Å²) in [5.41, 5.74) is 2.24. The van der Waals surface area contributed by atoms with Gasteiger partial charge < -0.3 is 9.73 Å². The van der Waals surface area contributed by atoms with E-state index >= 15 is 0 Å². The third-order valence-electron chi connectivity index (χ3n) is 4.63. The van der Waals surface area contributed by atoms with Crippen LogP contribution in [0.25, 0.3) is 17.4 Å². The summed E-state index contributed by atoms with van der Waals surface area (Å²) in [5.74, 6) is 0.376. The Morgan fingerprint density at radius 2 is 1.91 bits per heavy atom. The highest BCUT2D eigenvalue weighted by molar-refractivity contribution is 7.80. The minimum Gasteiger partial charge on any atom is -0.457 e. The van der Waals surface area contributed by atoms with E-state index in [0.717, 1.165) is 5.56 Å². The lowest BCUT2D eigenvalue weighted by atomic mass is 10.1. The fraction of sp³-hybridized carbons (Fsp3) is 0.0909. The number of nitrogens with one attached hydrogen (secondary N) is 2. The van der Waals surface area contributed by atoms with Gasteiger partial charge in [0.15, 0.2) is 5.11 Å². The summed E-state index contributed by atoms with van der Waals surface area (Å²) >= 11 is 17.4. The third kappa shape index (κ3) is 5.34. The predicted octanol–water partition coefficient (Wildman–Crippen LogP) is 6.30. The Kier molecular flexibility index (Phi) is 7.29. The quantitative estimate of drug-likeness (QED) is 0.188. The average molecular weight is 490 g/mol. The maximum atomic E-state index is 12.2. The molecular weight excluding hydrogens is 473 g/mol. The molecule has 0 saturated carbocycles. The van der Waals surface area contributed by atoms with Crippen LogP contribution in [0.3, 0.4) is 0 Å². The molecule has 0 atom stereocenters. The zero-order valence-corrected chi connectivity index (χ0v) is 19.3. The van der Waals surface area contributed by atoms with Gasteiger partial charge in [0.25, 0.3) is 5.69 Å². The maximum absolute atomic E-state index is 12.2. The number of hydrogen-bond acceptors (Lipinski definition) is 5. The number of nitro groups is 1. The molecule has 0 saturated heterocycles. The smallest absolute Gasteiger partial charge is 0.293 e. The van der Waals surface area contributed by atoms with Gasteiger partial charge >= 0.3 is 0 Å². The second-order valence-corrected chi connectivity index (χ2v) is 7.93. The largest absolute Gasteiger partial charge is 0.457 e. The van der Waals surface area contributed by atoms with Crippen LogP contribution in [0.1, 0.15) is 16.9 Å². The van der Waals surface area contributed by atoms with Crippen LogP contribution in [0.15, 0.2) is 53.0 Å². The molecule has 1 aromatic heterocycles. The van der Waals surface area contributed by atoms with Crippen molar-refractivity contribution in [3.05, 3.63) is 85.6 Å². The van der Waals surface area contributed by atoms with Crippen molar-refractivity contribution >= 4 is 63.9 Å². The van der Waals surface area contributed by atoms with Crippen LogP contribution in [-0.2, 0) is 4.79 Å². The summed E-state index contributed by atoms with van der Waals surface area (Å²) in [6.45, 7) is 3.55. The van der Waals surface area contributed by atoms with Crippen LogP contribution in [0, 0.1) is 24.0 Å². The van der Waals surface area contributed by atoms with Gasteiger partial charge in [-0.15, -0.1) is 0 Å². The molecule has 0 fully saturated rings. The van der Waals surface area contributed by atoms with Crippen molar-refractivity contribution in [2.24, 2.45) is 0 Å². The highest BCUT2D eigenvalue weighted by Gasteiger charge is 2.18. The van der Waals surface area contributed by atoms with Gasteiger partial charge in [0.05, 0.1) is 15.0 Å². The number of halogens is 2. The summed E-state index contributed by atoms with van der Waals surface area (Å²) in [6, 6.07) is 11.6. The number of anilines is 1. The van der Waals surface area contributed by atoms with Crippen molar-refractivity contribution in [3.63, 3.8) is 0 Å². The number of furan rings is 1. The number of rotatable bonds is 5. The molecule has 0 aliphatic carbocycles. The number of aryl methyl sites for hydroxylation is 1.